The molecule has 0 N–H and O–H groups in total. The van der Waals surface area contributed by atoms with Crippen LogP contribution >= 0.6 is 0 Å². The summed E-state index contributed by atoms with van der Waals surface area (Å²) in [6, 6.07) is 18.3. The van der Waals surface area contributed by atoms with Gasteiger partial charge in [0.15, 0.2) is 5.82 Å². The number of amides is 1. The van der Waals surface area contributed by atoms with E-state index in [1.165, 1.54) is 12.0 Å². The van der Waals surface area contributed by atoms with Crippen LogP contribution in [0.1, 0.15) is 36.1 Å². The van der Waals surface area contributed by atoms with Crippen molar-refractivity contribution in [2.75, 3.05) is 38.2 Å². The van der Waals surface area contributed by atoms with Gasteiger partial charge < -0.3 is 14.5 Å². The minimum Gasteiger partial charge on any atom is -0.497 e. The van der Waals surface area contributed by atoms with Crippen LogP contribution < -0.4 is 9.64 Å². The SMILES string of the molecule is COc1cccc(Cc2c(C)nc(-c3ccccc3)nc2N2CCN(C(=O)C3CCC3)CC2)c1. The van der Waals surface area contributed by atoms with Gasteiger partial charge in [-0.15, -0.1) is 0 Å². The van der Waals surface area contributed by atoms with E-state index in [4.69, 9.17) is 14.7 Å². The van der Waals surface area contributed by atoms with Gasteiger partial charge in [0.05, 0.1) is 7.11 Å². The molecule has 1 saturated carbocycles. The number of ether oxygens (including phenoxy) is 1. The highest BCUT2D eigenvalue weighted by molar-refractivity contribution is 5.80. The van der Waals surface area contributed by atoms with Crippen molar-refractivity contribution >= 4 is 11.7 Å². The molecule has 0 atom stereocenters. The molecule has 2 heterocycles. The molecule has 0 radical (unpaired) electrons. The largest absolute Gasteiger partial charge is 0.497 e. The highest BCUT2D eigenvalue weighted by atomic mass is 16.5. The van der Waals surface area contributed by atoms with E-state index in [2.05, 4.69) is 36.1 Å². The topological polar surface area (TPSA) is 58.6 Å². The molecule has 1 aromatic heterocycles. The zero-order valence-electron chi connectivity index (χ0n) is 20.0. The van der Waals surface area contributed by atoms with E-state index in [1.807, 2.05) is 35.2 Å². The molecule has 5 rings (SSSR count). The fourth-order valence-electron chi connectivity index (χ4n) is 4.80. The molecule has 0 spiro atoms. The van der Waals surface area contributed by atoms with Gasteiger partial charge >= 0.3 is 0 Å². The number of rotatable bonds is 6. The summed E-state index contributed by atoms with van der Waals surface area (Å²) >= 11 is 0. The maximum absolute atomic E-state index is 12.8. The van der Waals surface area contributed by atoms with Crippen LogP contribution in [0.2, 0.25) is 0 Å². The lowest BCUT2D eigenvalue weighted by Crippen LogP contribution is -2.51. The summed E-state index contributed by atoms with van der Waals surface area (Å²) in [4.78, 5) is 27.1. The lowest BCUT2D eigenvalue weighted by molar-refractivity contribution is -0.138. The van der Waals surface area contributed by atoms with Crippen molar-refractivity contribution in [2.24, 2.45) is 5.92 Å². The Morgan fingerprint density at radius 1 is 1.00 bits per heavy atom. The first kappa shape index (κ1) is 22.4. The van der Waals surface area contributed by atoms with Gasteiger partial charge in [0.25, 0.3) is 0 Å². The third kappa shape index (κ3) is 4.63. The number of benzene rings is 2. The summed E-state index contributed by atoms with van der Waals surface area (Å²) in [5, 5.41) is 0. The fraction of sp³-hybridized carbons (Fsp3) is 0.393. The molecule has 2 fully saturated rings. The van der Waals surface area contributed by atoms with Crippen molar-refractivity contribution < 1.29 is 9.53 Å². The van der Waals surface area contributed by atoms with E-state index in [9.17, 15) is 4.79 Å². The molecule has 2 aromatic carbocycles. The van der Waals surface area contributed by atoms with Crippen LogP contribution in [-0.2, 0) is 11.2 Å². The van der Waals surface area contributed by atoms with Crippen LogP contribution in [0, 0.1) is 12.8 Å². The van der Waals surface area contributed by atoms with Crippen LogP contribution in [0.5, 0.6) is 5.75 Å². The number of aryl methyl sites for hydroxylation is 1. The van der Waals surface area contributed by atoms with Gasteiger partial charge in [-0.1, -0.05) is 48.9 Å². The normalized spacial score (nSPS) is 16.3. The van der Waals surface area contributed by atoms with Gasteiger partial charge in [-0.3, -0.25) is 4.79 Å². The molecular weight excluding hydrogens is 424 g/mol. The lowest BCUT2D eigenvalue weighted by atomic mass is 9.84. The maximum Gasteiger partial charge on any atom is 0.225 e. The highest BCUT2D eigenvalue weighted by Crippen LogP contribution is 2.31. The Bertz CT molecular complexity index is 1150. The third-order valence-corrected chi connectivity index (χ3v) is 7.08. The average Bonchev–Trinajstić information content (AvgIpc) is 2.85. The number of methoxy groups -OCH3 is 1. The molecule has 0 bridgehead atoms. The number of anilines is 1. The van der Waals surface area contributed by atoms with E-state index in [0.717, 1.165) is 79.7 Å². The van der Waals surface area contributed by atoms with Crippen molar-refractivity contribution in [3.63, 3.8) is 0 Å². The number of carbonyl (C=O) groups excluding carboxylic acids is 1. The summed E-state index contributed by atoms with van der Waals surface area (Å²) in [6.45, 7) is 5.14. The van der Waals surface area contributed by atoms with E-state index < -0.39 is 0 Å². The first-order chi connectivity index (χ1) is 16.6. The van der Waals surface area contributed by atoms with Crippen LogP contribution in [0.3, 0.4) is 0 Å². The van der Waals surface area contributed by atoms with Crippen molar-refractivity contribution in [1.82, 2.24) is 14.9 Å². The molecule has 2 aliphatic rings. The maximum atomic E-state index is 12.8. The number of piperazine rings is 1. The molecule has 1 saturated heterocycles. The van der Waals surface area contributed by atoms with Crippen LogP contribution in [0.4, 0.5) is 5.82 Å². The fourth-order valence-corrected chi connectivity index (χ4v) is 4.80. The van der Waals surface area contributed by atoms with Crippen LogP contribution in [-0.4, -0.2) is 54.1 Å². The van der Waals surface area contributed by atoms with Crippen molar-refractivity contribution in [2.45, 2.75) is 32.6 Å². The molecule has 6 nitrogen and oxygen atoms in total. The molecular formula is C28H32N4O2. The predicted octanol–water partition coefficient (Wildman–Crippen LogP) is 4.50. The Balaban J connectivity index is 1.45. The smallest absolute Gasteiger partial charge is 0.225 e. The number of aromatic nitrogens is 2. The zero-order valence-corrected chi connectivity index (χ0v) is 20.0. The third-order valence-electron chi connectivity index (χ3n) is 7.08. The monoisotopic (exact) mass is 456 g/mol. The minimum absolute atomic E-state index is 0.251. The molecule has 1 aliphatic carbocycles. The van der Waals surface area contributed by atoms with E-state index in [-0.39, 0.29) is 5.92 Å². The molecule has 1 amide bonds. The second kappa shape index (κ2) is 9.84. The van der Waals surface area contributed by atoms with Crippen molar-refractivity contribution in [3.05, 3.63) is 71.4 Å². The summed E-state index contributed by atoms with van der Waals surface area (Å²) in [5.41, 5.74) is 4.29. The van der Waals surface area contributed by atoms with Crippen LogP contribution in [0.15, 0.2) is 54.6 Å². The lowest BCUT2D eigenvalue weighted by Gasteiger charge is -2.39. The van der Waals surface area contributed by atoms with E-state index in [0.29, 0.717) is 5.91 Å². The summed E-state index contributed by atoms with van der Waals surface area (Å²) < 4.78 is 5.43. The Morgan fingerprint density at radius 2 is 1.76 bits per heavy atom. The Kier molecular flexibility index (Phi) is 6.48. The standard InChI is InChI=1S/C28H32N4O2/c1-20-25(19-21-8-6-13-24(18-21)34-2)27(30-26(29-20)22-9-4-3-5-10-22)31-14-16-32(17-15-31)28(33)23-11-7-12-23/h3-6,8-10,13,18,23H,7,11-12,14-17,19H2,1-2H3. The second-order valence-electron chi connectivity index (χ2n) is 9.27. The Morgan fingerprint density at radius 3 is 2.44 bits per heavy atom. The van der Waals surface area contributed by atoms with Gasteiger partial charge in [0, 0.05) is 55.3 Å². The summed E-state index contributed by atoms with van der Waals surface area (Å²) in [7, 11) is 1.69. The van der Waals surface area contributed by atoms with Crippen LogP contribution in [0.25, 0.3) is 11.4 Å². The summed E-state index contributed by atoms with van der Waals surface area (Å²) in [6.07, 6.45) is 4.02. The number of hydrogen-bond donors (Lipinski definition) is 0. The average molecular weight is 457 g/mol. The molecule has 3 aromatic rings. The molecule has 6 heteroatoms. The number of nitrogens with zero attached hydrogens (tertiary/aromatic N) is 4. The van der Waals surface area contributed by atoms with Gasteiger partial charge in [0.2, 0.25) is 5.91 Å². The molecule has 176 valence electrons. The predicted molar refractivity (Wildman–Crippen MR) is 134 cm³/mol. The molecule has 34 heavy (non-hydrogen) atoms. The summed E-state index contributed by atoms with van der Waals surface area (Å²) in [5.74, 6) is 3.16. The first-order valence-corrected chi connectivity index (χ1v) is 12.2. The molecule has 1 aliphatic heterocycles. The van der Waals surface area contributed by atoms with Gasteiger partial charge in [-0.25, -0.2) is 9.97 Å². The second-order valence-corrected chi connectivity index (χ2v) is 9.27. The molecule has 0 unspecified atom stereocenters. The first-order valence-electron chi connectivity index (χ1n) is 12.2. The van der Waals surface area contributed by atoms with E-state index >= 15 is 0 Å². The van der Waals surface area contributed by atoms with Gasteiger partial charge in [-0.05, 0) is 37.5 Å². The number of carbonyl (C=O) groups is 1. The number of hydrogen-bond acceptors (Lipinski definition) is 5. The van der Waals surface area contributed by atoms with Crippen molar-refractivity contribution in [1.29, 1.82) is 0 Å². The zero-order chi connectivity index (χ0) is 23.5. The Labute approximate surface area is 201 Å². The van der Waals surface area contributed by atoms with Crippen molar-refractivity contribution in [3.8, 4) is 17.1 Å². The Hall–Kier alpha value is -3.41. The van der Waals surface area contributed by atoms with E-state index in [1.54, 1.807) is 7.11 Å². The van der Waals surface area contributed by atoms with Gasteiger partial charge in [-0.2, -0.15) is 0 Å². The quantitative estimate of drug-likeness (QED) is 0.547. The van der Waals surface area contributed by atoms with Gasteiger partial charge in [0.1, 0.15) is 11.6 Å². The highest BCUT2D eigenvalue weighted by Gasteiger charge is 2.32. The minimum atomic E-state index is 0.251.